The summed E-state index contributed by atoms with van der Waals surface area (Å²) in [6, 6.07) is 8.83. The van der Waals surface area contributed by atoms with Crippen LogP contribution < -0.4 is 0 Å². The minimum absolute atomic E-state index is 0.139. The maximum atomic E-state index is 11.5. The first-order chi connectivity index (χ1) is 8.18. The first-order valence-electron chi connectivity index (χ1n) is 5.24. The minimum atomic E-state index is -0.774. The van der Waals surface area contributed by atoms with Crippen molar-refractivity contribution in [2.45, 2.75) is 12.6 Å². The Balaban J connectivity index is 1.85. The molecule has 0 aliphatic heterocycles. The van der Waals surface area contributed by atoms with E-state index in [4.69, 9.17) is 4.74 Å². The molecular weight excluding hydrogens is 218 g/mol. The van der Waals surface area contributed by atoms with Gasteiger partial charge >= 0.3 is 6.09 Å². The summed E-state index contributed by atoms with van der Waals surface area (Å²) < 4.78 is 4.96. The van der Waals surface area contributed by atoms with E-state index in [1.54, 1.807) is 12.2 Å². The van der Waals surface area contributed by atoms with Crippen LogP contribution in [0.3, 0.4) is 0 Å². The van der Waals surface area contributed by atoms with Crippen LogP contribution in [0.5, 0.6) is 0 Å². The fraction of sp³-hybridized carbons (Fsp3) is 0.154. The summed E-state index contributed by atoms with van der Waals surface area (Å²) in [4.78, 5) is 11.5. The molecule has 0 heterocycles. The molecule has 0 spiro atoms. The van der Waals surface area contributed by atoms with Gasteiger partial charge in [0.15, 0.2) is 0 Å². The molecule has 1 amide bonds. The normalized spacial score (nSPS) is 17.5. The Kier molecular flexibility index (Phi) is 3.25. The fourth-order valence-electron chi connectivity index (χ4n) is 1.46. The second-order valence-corrected chi connectivity index (χ2v) is 3.76. The standard InChI is InChI=1S/C13H13NO3/c1-10-7-8-12(10)14(16)13(15)17-9-11-5-3-2-4-6-11/h2-8,12,16H,1,9H2/t12-/m1/s1. The van der Waals surface area contributed by atoms with Gasteiger partial charge in [0.2, 0.25) is 0 Å². The Morgan fingerprint density at radius 1 is 1.41 bits per heavy atom. The van der Waals surface area contributed by atoms with Gasteiger partial charge in [0.1, 0.15) is 12.6 Å². The fourth-order valence-corrected chi connectivity index (χ4v) is 1.46. The van der Waals surface area contributed by atoms with E-state index in [0.717, 1.165) is 5.56 Å². The monoisotopic (exact) mass is 231 g/mol. The van der Waals surface area contributed by atoms with E-state index in [1.165, 1.54) is 0 Å². The zero-order valence-electron chi connectivity index (χ0n) is 9.24. The van der Waals surface area contributed by atoms with Gasteiger partial charge in [-0.25, -0.2) is 4.79 Å². The predicted molar refractivity (Wildman–Crippen MR) is 62.3 cm³/mol. The summed E-state index contributed by atoms with van der Waals surface area (Å²) in [5.74, 6) is 0. The average Bonchev–Trinajstić information content (AvgIpc) is 2.35. The van der Waals surface area contributed by atoms with Crippen molar-refractivity contribution in [1.82, 2.24) is 5.06 Å². The molecular formula is C13H13NO3. The molecule has 17 heavy (non-hydrogen) atoms. The van der Waals surface area contributed by atoms with E-state index in [0.29, 0.717) is 10.6 Å². The predicted octanol–water partition coefficient (Wildman–Crippen LogP) is 2.51. The second-order valence-electron chi connectivity index (χ2n) is 3.76. The van der Waals surface area contributed by atoms with Crippen LogP contribution in [0.2, 0.25) is 0 Å². The van der Waals surface area contributed by atoms with E-state index in [2.05, 4.69) is 6.58 Å². The van der Waals surface area contributed by atoms with Gasteiger partial charge in [0.05, 0.1) is 0 Å². The number of ether oxygens (including phenoxy) is 1. The lowest BCUT2D eigenvalue weighted by atomic mass is 9.98. The SMILES string of the molecule is C=C1C=C[C@H]1N(O)C(=O)OCc1ccccc1. The lowest BCUT2D eigenvalue weighted by molar-refractivity contribution is -0.0880. The van der Waals surface area contributed by atoms with Gasteiger partial charge in [0.25, 0.3) is 0 Å². The topological polar surface area (TPSA) is 49.8 Å². The van der Waals surface area contributed by atoms with Crippen molar-refractivity contribution in [1.29, 1.82) is 0 Å². The van der Waals surface area contributed by atoms with Crippen LogP contribution in [0.25, 0.3) is 0 Å². The van der Waals surface area contributed by atoms with Crippen LogP contribution >= 0.6 is 0 Å². The van der Waals surface area contributed by atoms with Crippen molar-refractivity contribution in [3.63, 3.8) is 0 Å². The molecule has 0 bridgehead atoms. The number of hydrogen-bond acceptors (Lipinski definition) is 3. The van der Waals surface area contributed by atoms with Crippen molar-refractivity contribution in [3.8, 4) is 0 Å². The molecule has 0 saturated heterocycles. The highest BCUT2D eigenvalue weighted by Crippen LogP contribution is 2.20. The van der Waals surface area contributed by atoms with Crippen LogP contribution in [-0.2, 0) is 11.3 Å². The number of hydroxylamine groups is 2. The van der Waals surface area contributed by atoms with Crippen molar-refractivity contribution >= 4 is 6.09 Å². The van der Waals surface area contributed by atoms with Gasteiger partial charge in [-0.3, -0.25) is 5.21 Å². The summed E-state index contributed by atoms with van der Waals surface area (Å²) in [5, 5.41) is 10.1. The molecule has 88 valence electrons. The van der Waals surface area contributed by atoms with Crippen molar-refractivity contribution in [2.75, 3.05) is 0 Å². The molecule has 1 aromatic carbocycles. The molecule has 0 unspecified atom stereocenters. The molecule has 1 aliphatic rings. The number of carbonyl (C=O) groups is 1. The highest BCUT2D eigenvalue weighted by molar-refractivity contribution is 5.68. The summed E-state index contributed by atoms with van der Waals surface area (Å²) in [6.45, 7) is 3.81. The smallest absolute Gasteiger partial charge is 0.434 e. The van der Waals surface area contributed by atoms with Crippen molar-refractivity contribution in [3.05, 3.63) is 60.2 Å². The maximum absolute atomic E-state index is 11.5. The molecule has 4 nitrogen and oxygen atoms in total. The Labute approximate surface area is 99.4 Å². The highest BCUT2D eigenvalue weighted by Gasteiger charge is 2.27. The molecule has 0 radical (unpaired) electrons. The Morgan fingerprint density at radius 2 is 2.12 bits per heavy atom. The van der Waals surface area contributed by atoms with Gasteiger partial charge in [-0.1, -0.05) is 49.1 Å². The first-order valence-corrected chi connectivity index (χ1v) is 5.24. The van der Waals surface area contributed by atoms with E-state index in [-0.39, 0.29) is 6.61 Å². The molecule has 1 atom stereocenters. The molecule has 2 rings (SSSR count). The minimum Gasteiger partial charge on any atom is -0.443 e. The third-order valence-corrected chi connectivity index (χ3v) is 2.53. The molecule has 0 fully saturated rings. The van der Waals surface area contributed by atoms with Gasteiger partial charge in [0, 0.05) is 0 Å². The Morgan fingerprint density at radius 3 is 2.65 bits per heavy atom. The number of carbonyl (C=O) groups excluding carboxylic acids is 1. The lowest BCUT2D eigenvalue weighted by Crippen LogP contribution is -2.40. The van der Waals surface area contributed by atoms with E-state index in [9.17, 15) is 10.0 Å². The van der Waals surface area contributed by atoms with Gasteiger partial charge in [-0.05, 0) is 11.1 Å². The largest absolute Gasteiger partial charge is 0.443 e. The summed E-state index contributed by atoms with van der Waals surface area (Å²) >= 11 is 0. The second kappa shape index (κ2) is 4.84. The van der Waals surface area contributed by atoms with Crippen LogP contribution in [0.1, 0.15) is 5.56 Å². The number of hydrogen-bond donors (Lipinski definition) is 1. The zero-order chi connectivity index (χ0) is 12.3. The van der Waals surface area contributed by atoms with Crippen molar-refractivity contribution in [2.24, 2.45) is 0 Å². The maximum Gasteiger partial charge on any atom is 0.434 e. The quantitative estimate of drug-likeness (QED) is 0.642. The molecule has 1 aliphatic carbocycles. The highest BCUT2D eigenvalue weighted by atomic mass is 16.6. The third-order valence-electron chi connectivity index (χ3n) is 2.53. The number of amides is 1. The molecule has 0 aromatic heterocycles. The molecule has 4 heteroatoms. The Hall–Kier alpha value is -2.07. The van der Waals surface area contributed by atoms with Crippen LogP contribution in [-0.4, -0.2) is 22.4 Å². The number of rotatable bonds is 3. The van der Waals surface area contributed by atoms with Gasteiger partial charge < -0.3 is 4.74 Å². The zero-order valence-corrected chi connectivity index (χ0v) is 9.24. The number of benzene rings is 1. The summed E-state index contributed by atoms with van der Waals surface area (Å²) in [6.07, 6.45) is 2.63. The average molecular weight is 231 g/mol. The molecule has 1 N–H and O–H groups in total. The first kappa shape index (κ1) is 11.4. The summed E-state index contributed by atoms with van der Waals surface area (Å²) in [5.41, 5.74) is 1.56. The van der Waals surface area contributed by atoms with E-state index >= 15 is 0 Å². The van der Waals surface area contributed by atoms with Crippen molar-refractivity contribution < 1.29 is 14.7 Å². The van der Waals surface area contributed by atoms with E-state index in [1.807, 2.05) is 30.3 Å². The lowest BCUT2D eigenvalue weighted by Gasteiger charge is -2.28. The Bertz CT molecular complexity index is 453. The van der Waals surface area contributed by atoms with Gasteiger partial charge in [-0.15, -0.1) is 0 Å². The van der Waals surface area contributed by atoms with Crippen LogP contribution in [0.15, 0.2) is 54.6 Å². The van der Waals surface area contributed by atoms with Gasteiger partial charge in [-0.2, -0.15) is 5.06 Å². The molecule has 1 aromatic rings. The summed E-state index contributed by atoms with van der Waals surface area (Å²) in [7, 11) is 0. The molecule has 0 saturated carbocycles. The van der Waals surface area contributed by atoms with Crippen LogP contribution in [0, 0.1) is 0 Å². The third kappa shape index (κ3) is 2.54. The van der Waals surface area contributed by atoms with E-state index < -0.39 is 12.1 Å². The number of nitrogens with zero attached hydrogens (tertiary/aromatic N) is 1. The van der Waals surface area contributed by atoms with Crippen LogP contribution in [0.4, 0.5) is 4.79 Å².